The van der Waals surface area contributed by atoms with Gasteiger partial charge in [-0.05, 0) is 18.2 Å². The van der Waals surface area contributed by atoms with Crippen molar-refractivity contribution >= 4 is 28.8 Å². The molecule has 0 saturated heterocycles. The standard InChI is InChI=1S/C12H14F3N3OS/c1-18(2)10(19)6-17-9-4-3-7(12(13,14)15)5-8(9)11(16)20/h3-5,17H,6H2,1-2H3,(H2,16,20). The molecule has 0 radical (unpaired) electrons. The zero-order valence-corrected chi connectivity index (χ0v) is 11.7. The number of nitrogens with one attached hydrogen (secondary N) is 1. The highest BCUT2D eigenvalue weighted by Gasteiger charge is 2.31. The van der Waals surface area contributed by atoms with E-state index in [0.717, 1.165) is 12.1 Å². The number of thiocarbonyl (C=S) groups is 1. The Bertz CT molecular complexity index is 529. The van der Waals surface area contributed by atoms with Crippen LogP contribution in [0.2, 0.25) is 0 Å². The Morgan fingerprint density at radius 1 is 1.40 bits per heavy atom. The lowest BCUT2D eigenvalue weighted by Crippen LogP contribution is -2.29. The van der Waals surface area contributed by atoms with E-state index < -0.39 is 11.7 Å². The molecule has 0 heterocycles. The van der Waals surface area contributed by atoms with Crippen molar-refractivity contribution in [2.75, 3.05) is 26.0 Å². The summed E-state index contributed by atoms with van der Waals surface area (Å²) >= 11 is 4.74. The van der Waals surface area contributed by atoms with Gasteiger partial charge >= 0.3 is 6.18 Å². The summed E-state index contributed by atoms with van der Waals surface area (Å²) in [6.45, 7) is -0.0615. The number of hydrogen-bond acceptors (Lipinski definition) is 3. The first-order valence-corrected chi connectivity index (χ1v) is 5.99. The Hall–Kier alpha value is -1.83. The summed E-state index contributed by atoms with van der Waals surface area (Å²) in [4.78, 5) is 12.6. The molecule has 20 heavy (non-hydrogen) atoms. The number of amides is 1. The summed E-state index contributed by atoms with van der Waals surface area (Å²) in [5, 5.41) is 2.73. The Morgan fingerprint density at radius 3 is 2.45 bits per heavy atom. The smallest absolute Gasteiger partial charge is 0.389 e. The predicted molar refractivity (Wildman–Crippen MR) is 74.5 cm³/mol. The highest BCUT2D eigenvalue weighted by molar-refractivity contribution is 7.80. The molecule has 3 N–H and O–H groups in total. The van der Waals surface area contributed by atoms with Crippen LogP contribution in [0, 0.1) is 0 Å². The van der Waals surface area contributed by atoms with E-state index in [1.807, 2.05) is 0 Å². The van der Waals surface area contributed by atoms with E-state index in [2.05, 4.69) is 5.32 Å². The highest BCUT2D eigenvalue weighted by atomic mass is 32.1. The van der Waals surface area contributed by atoms with Crippen LogP contribution in [0.4, 0.5) is 18.9 Å². The molecule has 0 bridgehead atoms. The van der Waals surface area contributed by atoms with Gasteiger partial charge in [-0.25, -0.2) is 0 Å². The number of rotatable bonds is 4. The lowest BCUT2D eigenvalue weighted by atomic mass is 10.1. The SMILES string of the molecule is CN(C)C(=O)CNc1ccc(C(F)(F)F)cc1C(N)=S. The van der Waals surface area contributed by atoms with Crippen molar-refractivity contribution in [2.24, 2.45) is 5.73 Å². The summed E-state index contributed by atoms with van der Waals surface area (Å²) in [5.74, 6) is -0.223. The van der Waals surface area contributed by atoms with E-state index in [1.54, 1.807) is 14.1 Å². The molecule has 1 aromatic rings. The predicted octanol–water partition coefficient (Wildman–Crippen LogP) is 1.84. The number of nitrogens with zero attached hydrogens (tertiary/aromatic N) is 1. The van der Waals surface area contributed by atoms with Gasteiger partial charge in [-0.15, -0.1) is 0 Å². The van der Waals surface area contributed by atoms with Crippen LogP contribution in [0.5, 0.6) is 0 Å². The van der Waals surface area contributed by atoms with Crippen LogP contribution >= 0.6 is 12.2 Å². The van der Waals surface area contributed by atoms with Gasteiger partial charge in [-0.1, -0.05) is 12.2 Å². The summed E-state index contributed by atoms with van der Waals surface area (Å²) in [6, 6.07) is 2.98. The first-order chi connectivity index (χ1) is 9.12. The molecule has 1 aromatic carbocycles. The lowest BCUT2D eigenvalue weighted by molar-refractivity contribution is -0.137. The quantitative estimate of drug-likeness (QED) is 0.834. The second kappa shape index (κ2) is 6.08. The maximum atomic E-state index is 12.6. The third kappa shape index (κ3) is 4.09. The number of carbonyl (C=O) groups is 1. The second-order valence-corrected chi connectivity index (χ2v) is 4.70. The Labute approximate surface area is 119 Å². The number of nitrogens with two attached hydrogens (primary N) is 1. The van der Waals surface area contributed by atoms with Gasteiger partial charge in [0.25, 0.3) is 0 Å². The molecule has 0 aliphatic heterocycles. The van der Waals surface area contributed by atoms with E-state index >= 15 is 0 Å². The van der Waals surface area contributed by atoms with Crippen molar-refractivity contribution in [1.29, 1.82) is 0 Å². The van der Waals surface area contributed by atoms with Gasteiger partial charge in [0.2, 0.25) is 5.91 Å². The van der Waals surface area contributed by atoms with Gasteiger partial charge in [0.15, 0.2) is 0 Å². The molecule has 0 saturated carbocycles. The molecule has 110 valence electrons. The van der Waals surface area contributed by atoms with Gasteiger partial charge < -0.3 is 16.0 Å². The van der Waals surface area contributed by atoms with Gasteiger partial charge in [-0.2, -0.15) is 13.2 Å². The molecule has 0 aromatic heterocycles. The molecule has 0 spiro atoms. The van der Waals surface area contributed by atoms with E-state index in [0.29, 0.717) is 5.69 Å². The Balaban J connectivity index is 3.03. The van der Waals surface area contributed by atoms with Crippen LogP contribution in [0.1, 0.15) is 11.1 Å². The Kier molecular flexibility index (Phi) is 4.93. The lowest BCUT2D eigenvalue weighted by Gasteiger charge is -2.16. The summed E-state index contributed by atoms with van der Waals surface area (Å²) in [7, 11) is 3.15. The van der Waals surface area contributed by atoms with Crippen LogP contribution in [-0.4, -0.2) is 36.4 Å². The minimum Gasteiger partial charge on any atom is -0.389 e. The molecule has 1 rings (SSSR count). The van der Waals surface area contributed by atoms with Crippen LogP contribution in [0.25, 0.3) is 0 Å². The third-order valence-electron chi connectivity index (χ3n) is 2.54. The average Bonchev–Trinajstić information content (AvgIpc) is 2.34. The van der Waals surface area contributed by atoms with Crippen LogP contribution in [0.15, 0.2) is 18.2 Å². The topological polar surface area (TPSA) is 58.4 Å². The molecular weight excluding hydrogens is 291 g/mol. The van der Waals surface area contributed by atoms with Gasteiger partial charge in [0.1, 0.15) is 4.99 Å². The van der Waals surface area contributed by atoms with Gasteiger partial charge in [0.05, 0.1) is 12.1 Å². The first-order valence-electron chi connectivity index (χ1n) is 5.58. The minimum atomic E-state index is -4.47. The number of carbonyl (C=O) groups excluding carboxylic acids is 1. The fourth-order valence-corrected chi connectivity index (χ4v) is 1.58. The van der Waals surface area contributed by atoms with Crippen LogP contribution < -0.4 is 11.1 Å². The van der Waals surface area contributed by atoms with Crippen molar-refractivity contribution in [3.63, 3.8) is 0 Å². The molecule has 4 nitrogen and oxygen atoms in total. The number of likely N-dealkylation sites (N-methyl/N-ethyl adjacent to an activating group) is 1. The number of hydrogen-bond donors (Lipinski definition) is 2. The van der Waals surface area contributed by atoms with Crippen LogP contribution in [0.3, 0.4) is 0 Å². The summed E-state index contributed by atoms with van der Waals surface area (Å²) in [5.41, 5.74) is 4.93. The van der Waals surface area contributed by atoms with Crippen molar-refractivity contribution in [3.05, 3.63) is 29.3 Å². The largest absolute Gasteiger partial charge is 0.416 e. The van der Waals surface area contributed by atoms with E-state index in [4.69, 9.17) is 18.0 Å². The number of halogens is 3. The fraction of sp³-hybridized carbons (Fsp3) is 0.333. The monoisotopic (exact) mass is 305 g/mol. The zero-order valence-electron chi connectivity index (χ0n) is 10.9. The van der Waals surface area contributed by atoms with Crippen molar-refractivity contribution in [2.45, 2.75) is 6.18 Å². The maximum absolute atomic E-state index is 12.6. The van der Waals surface area contributed by atoms with E-state index in [-0.39, 0.29) is 23.0 Å². The second-order valence-electron chi connectivity index (χ2n) is 4.26. The van der Waals surface area contributed by atoms with Crippen molar-refractivity contribution in [3.8, 4) is 0 Å². The summed E-state index contributed by atoms with van der Waals surface area (Å²) in [6.07, 6.45) is -4.47. The molecule has 0 unspecified atom stereocenters. The fourth-order valence-electron chi connectivity index (χ4n) is 1.41. The van der Waals surface area contributed by atoms with Crippen LogP contribution in [-0.2, 0) is 11.0 Å². The average molecular weight is 305 g/mol. The number of anilines is 1. The van der Waals surface area contributed by atoms with Gasteiger partial charge in [0, 0.05) is 25.3 Å². The van der Waals surface area contributed by atoms with Crippen molar-refractivity contribution < 1.29 is 18.0 Å². The normalized spacial score (nSPS) is 11.1. The Morgan fingerprint density at radius 2 is 2.00 bits per heavy atom. The molecule has 0 fully saturated rings. The maximum Gasteiger partial charge on any atom is 0.416 e. The first kappa shape index (κ1) is 16.2. The zero-order chi connectivity index (χ0) is 15.5. The summed E-state index contributed by atoms with van der Waals surface area (Å²) < 4.78 is 37.9. The van der Waals surface area contributed by atoms with E-state index in [1.165, 1.54) is 11.0 Å². The molecule has 0 aliphatic carbocycles. The number of benzene rings is 1. The molecule has 1 amide bonds. The van der Waals surface area contributed by atoms with Gasteiger partial charge in [-0.3, -0.25) is 4.79 Å². The number of alkyl halides is 3. The van der Waals surface area contributed by atoms with E-state index in [9.17, 15) is 18.0 Å². The highest BCUT2D eigenvalue weighted by Crippen LogP contribution is 2.31. The molecule has 0 aliphatic rings. The molecule has 8 heteroatoms. The minimum absolute atomic E-state index is 0.0568. The third-order valence-corrected chi connectivity index (χ3v) is 2.76. The molecular formula is C12H14F3N3OS. The van der Waals surface area contributed by atoms with Crippen molar-refractivity contribution in [1.82, 2.24) is 4.90 Å². The molecule has 0 atom stereocenters.